The molecular formula is C24H25FN4O2S. The Morgan fingerprint density at radius 1 is 1.12 bits per heavy atom. The van der Waals surface area contributed by atoms with Crippen molar-refractivity contribution in [3.63, 3.8) is 0 Å². The molecule has 1 aliphatic rings. The smallest absolute Gasteiger partial charge is 0.253 e. The molecule has 0 radical (unpaired) electrons. The van der Waals surface area contributed by atoms with Crippen molar-refractivity contribution in [1.82, 2.24) is 15.1 Å². The quantitative estimate of drug-likeness (QED) is 0.597. The van der Waals surface area contributed by atoms with Crippen LogP contribution in [0.15, 0.2) is 54.6 Å². The number of carbonyl (C=O) groups is 2. The van der Waals surface area contributed by atoms with Crippen molar-refractivity contribution in [3.8, 4) is 0 Å². The topological polar surface area (TPSA) is 75.2 Å². The van der Waals surface area contributed by atoms with Crippen LogP contribution in [0.4, 0.5) is 9.52 Å². The Morgan fingerprint density at radius 2 is 1.88 bits per heavy atom. The number of likely N-dealkylation sites (tertiary alicyclic amines) is 1. The van der Waals surface area contributed by atoms with Gasteiger partial charge in [0.1, 0.15) is 10.8 Å². The van der Waals surface area contributed by atoms with Crippen molar-refractivity contribution < 1.29 is 14.0 Å². The Hall–Kier alpha value is -3.13. The fourth-order valence-electron chi connectivity index (χ4n) is 3.90. The summed E-state index contributed by atoms with van der Waals surface area (Å²) in [5.74, 6) is -0.610. The molecule has 2 heterocycles. The zero-order valence-corrected chi connectivity index (χ0v) is 18.6. The van der Waals surface area contributed by atoms with Crippen LogP contribution >= 0.6 is 11.3 Å². The Kier molecular flexibility index (Phi) is 6.90. The van der Waals surface area contributed by atoms with Crippen molar-refractivity contribution in [2.45, 2.75) is 32.1 Å². The number of rotatable bonds is 6. The van der Waals surface area contributed by atoms with E-state index < -0.39 is 5.82 Å². The lowest BCUT2D eigenvalue weighted by Gasteiger charge is -2.31. The molecular weight excluding hydrogens is 427 g/mol. The van der Waals surface area contributed by atoms with Crippen LogP contribution in [0.25, 0.3) is 0 Å². The highest BCUT2D eigenvalue weighted by molar-refractivity contribution is 7.15. The minimum absolute atomic E-state index is 0.0957. The number of benzene rings is 2. The van der Waals surface area contributed by atoms with Gasteiger partial charge in [0.05, 0.1) is 0 Å². The van der Waals surface area contributed by atoms with Gasteiger partial charge in [0.25, 0.3) is 5.91 Å². The van der Waals surface area contributed by atoms with E-state index in [9.17, 15) is 14.0 Å². The van der Waals surface area contributed by atoms with Gasteiger partial charge in [0, 0.05) is 31.0 Å². The van der Waals surface area contributed by atoms with Crippen LogP contribution in [-0.4, -0.2) is 40.0 Å². The second-order valence-electron chi connectivity index (χ2n) is 8.08. The molecule has 32 heavy (non-hydrogen) atoms. The second-order valence-corrected chi connectivity index (χ2v) is 9.14. The molecule has 1 saturated heterocycles. The van der Waals surface area contributed by atoms with Gasteiger partial charge in [-0.1, -0.05) is 54.7 Å². The largest absolute Gasteiger partial charge is 0.339 e. The summed E-state index contributed by atoms with van der Waals surface area (Å²) in [6, 6.07) is 15.9. The number of anilines is 1. The van der Waals surface area contributed by atoms with Gasteiger partial charge in [-0.2, -0.15) is 0 Å². The third kappa shape index (κ3) is 5.37. The minimum atomic E-state index is -0.431. The van der Waals surface area contributed by atoms with Crippen molar-refractivity contribution in [2.75, 3.05) is 18.4 Å². The molecule has 166 valence electrons. The highest BCUT2D eigenvalue weighted by Gasteiger charge is 2.28. The molecule has 0 saturated carbocycles. The lowest BCUT2D eigenvalue weighted by atomic mass is 9.95. The summed E-state index contributed by atoms with van der Waals surface area (Å²) in [7, 11) is 0. The molecule has 0 aliphatic carbocycles. The zero-order chi connectivity index (χ0) is 22.5. The van der Waals surface area contributed by atoms with Gasteiger partial charge in [-0.3, -0.25) is 9.59 Å². The number of halogens is 1. The zero-order valence-electron chi connectivity index (χ0n) is 17.8. The number of piperidine rings is 1. The van der Waals surface area contributed by atoms with Gasteiger partial charge in [-0.25, -0.2) is 4.39 Å². The standard InChI is InChI=1S/C24H25FN4O2S/c1-16(17-6-3-2-4-7-17)14-21-27-28-24(32-21)26-22(30)18-10-12-29(13-11-18)23(31)19-8-5-9-20(25)15-19/h2-9,15-16,18H,10-14H2,1H3,(H,26,28,30). The summed E-state index contributed by atoms with van der Waals surface area (Å²) in [6.07, 6.45) is 1.88. The first-order valence-corrected chi connectivity index (χ1v) is 11.5. The van der Waals surface area contributed by atoms with Crippen LogP contribution in [0.5, 0.6) is 0 Å². The van der Waals surface area contributed by atoms with Crippen molar-refractivity contribution in [3.05, 3.63) is 76.5 Å². The number of amides is 2. The minimum Gasteiger partial charge on any atom is -0.339 e. The van der Waals surface area contributed by atoms with E-state index in [0.29, 0.717) is 42.5 Å². The van der Waals surface area contributed by atoms with E-state index in [-0.39, 0.29) is 17.7 Å². The van der Waals surface area contributed by atoms with E-state index in [4.69, 9.17) is 0 Å². The van der Waals surface area contributed by atoms with E-state index in [1.165, 1.54) is 35.1 Å². The predicted molar refractivity (Wildman–Crippen MR) is 122 cm³/mol. The van der Waals surface area contributed by atoms with Crippen LogP contribution < -0.4 is 5.32 Å². The molecule has 0 bridgehead atoms. The molecule has 1 aliphatic heterocycles. The first-order valence-electron chi connectivity index (χ1n) is 10.7. The monoisotopic (exact) mass is 452 g/mol. The molecule has 3 aromatic rings. The molecule has 4 rings (SSSR count). The normalized spacial score (nSPS) is 15.4. The summed E-state index contributed by atoms with van der Waals surface area (Å²) in [4.78, 5) is 26.9. The van der Waals surface area contributed by atoms with E-state index >= 15 is 0 Å². The Bertz CT molecular complexity index is 1080. The number of hydrogen-bond donors (Lipinski definition) is 1. The average molecular weight is 453 g/mol. The van der Waals surface area contributed by atoms with Crippen LogP contribution in [0.3, 0.4) is 0 Å². The fraction of sp³-hybridized carbons (Fsp3) is 0.333. The van der Waals surface area contributed by atoms with Crippen LogP contribution in [-0.2, 0) is 11.2 Å². The van der Waals surface area contributed by atoms with E-state index in [0.717, 1.165) is 11.4 Å². The molecule has 0 spiro atoms. The maximum Gasteiger partial charge on any atom is 0.253 e. The van der Waals surface area contributed by atoms with Gasteiger partial charge in [-0.15, -0.1) is 10.2 Å². The van der Waals surface area contributed by atoms with Crippen LogP contribution in [0, 0.1) is 11.7 Å². The third-order valence-electron chi connectivity index (χ3n) is 5.77. The van der Waals surface area contributed by atoms with E-state index in [1.807, 2.05) is 18.2 Å². The van der Waals surface area contributed by atoms with Gasteiger partial charge < -0.3 is 10.2 Å². The third-order valence-corrected chi connectivity index (χ3v) is 6.63. The molecule has 6 nitrogen and oxygen atoms in total. The lowest BCUT2D eigenvalue weighted by Crippen LogP contribution is -2.41. The summed E-state index contributed by atoms with van der Waals surface area (Å²) < 4.78 is 13.4. The van der Waals surface area contributed by atoms with Crippen LogP contribution in [0.1, 0.15) is 46.6 Å². The fourth-order valence-corrected chi connectivity index (χ4v) is 4.78. The Balaban J connectivity index is 1.28. The molecule has 8 heteroatoms. The molecule has 1 N–H and O–H groups in total. The summed E-state index contributed by atoms with van der Waals surface area (Å²) in [5.41, 5.74) is 1.58. The van der Waals surface area contributed by atoms with E-state index in [1.54, 1.807) is 11.0 Å². The molecule has 1 atom stereocenters. The summed E-state index contributed by atoms with van der Waals surface area (Å²) in [5, 5.41) is 12.6. The maximum absolute atomic E-state index is 13.4. The average Bonchev–Trinajstić information content (AvgIpc) is 3.25. The van der Waals surface area contributed by atoms with Gasteiger partial charge >= 0.3 is 0 Å². The van der Waals surface area contributed by atoms with E-state index in [2.05, 4.69) is 34.6 Å². The first-order chi connectivity index (χ1) is 15.5. The number of nitrogens with one attached hydrogen (secondary N) is 1. The highest BCUT2D eigenvalue weighted by Crippen LogP contribution is 2.26. The molecule has 1 aromatic heterocycles. The Morgan fingerprint density at radius 3 is 2.59 bits per heavy atom. The SMILES string of the molecule is CC(Cc1nnc(NC(=O)C2CCN(C(=O)c3cccc(F)c3)CC2)s1)c1ccccc1. The number of aromatic nitrogens is 2. The highest BCUT2D eigenvalue weighted by atomic mass is 32.1. The van der Waals surface area contributed by atoms with Crippen molar-refractivity contribution >= 4 is 28.3 Å². The number of hydrogen-bond acceptors (Lipinski definition) is 5. The summed E-state index contributed by atoms with van der Waals surface area (Å²) >= 11 is 1.40. The molecule has 2 aromatic carbocycles. The number of carbonyl (C=O) groups excluding carboxylic acids is 2. The Labute approximate surface area is 190 Å². The molecule has 1 unspecified atom stereocenters. The van der Waals surface area contributed by atoms with Crippen LogP contribution in [0.2, 0.25) is 0 Å². The van der Waals surface area contributed by atoms with Gasteiger partial charge in [0.15, 0.2) is 0 Å². The first kappa shape index (κ1) is 22.1. The van der Waals surface area contributed by atoms with Crippen molar-refractivity contribution in [2.24, 2.45) is 5.92 Å². The second kappa shape index (κ2) is 9.99. The maximum atomic E-state index is 13.4. The predicted octanol–water partition coefficient (Wildman–Crippen LogP) is 4.51. The van der Waals surface area contributed by atoms with Gasteiger partial charge in [-0.05, 0) is 42.5 Å². The van der Waals surface area contributed by atoms with Crippen molar-refractivity contribution in [1.29, 1.82) is 0 Å². The number of nitrogens with zero attached hydrogens (tertiary/aromatic N) is 3. The van der Waals surface area contributed by atoms with Gasteiger partial charge in [0.2, 0.25) is 11.0 Å². The molecule has 1 fully saturated rings. The summed E-state index contributed by atoms with van der Waals surface area (Å²) in [6.45, 7) is 3.07. The lowest BCUT2D eigenvalue weighted by molar-refractivity contribution is -0.121. The molecule has 2 amide bonds.